The van der Waals surface area contributed by atoms with Crippen molar-refractivity contribution in [1.82, 2.24) is 0 Å². The van der Waals surface area contributed by atoms with Crippen molar-refractivity contribution in [3.8, 4) is 0 Å². The molecule has 0 saturated heterocycles. The highest BCUT2D eigenvalue weighted by atomic mass is 32.2. The minimum atomic E-state index is -3.10. The summed E-state index contributed by atoms with van der Waals surface area (Å²) in [5.41, 5.74) is 2.02. The topological polar surface area (TPSA) is 47.3 Å². The predicted molar refractivity (Wildman–Crippen MR) is 77.9 cm³/mol. The highest BCUT2D eigenvalue weighted by molar-refractivity contribution is 7.93. The van der Waals surface area contributed by atoms with Crippen LogP contribution in [-0.2, 0) is 9.84 Å². The molecule has 2 rings (SSSR count). The number of sulfone groups is 1. The van der Waals surface area contributed by atoms with E-state index in [1.54, 1.807) is 6.08 Å². The van der Waals surface area contributed by atoms with Crippen LogP contribution in [0.5, 0.6) is 0 Å². The van der Waals surface area contributed by atoms with Gasteiger partial charge in [-0.05, 0) is 38.3 Å². The summed E-state index contributed by atoms with van der Waals surface area (Å²) in [7, 11) is -3.10. The minimum absolute atomic E-state index is 0.445. The van der Waals surface area contributed by atoms with Crippen LogP contribution >= 0.6 is 0 Å². The largest absolute Gasteiger partial charge is 0.465 e. The molecule has 0 atom stereocenters. The Bertz CT molecular complexity index is 573. The molecular weight excluding hydrogens is 260 g/mol. The van der Waals surface area contributed by atoms with Crippen LogP contribution in [0, 0.1) is 13.8 Å². The molecule has 0 aromatic carbocycles. The molecule has 0 unspecified atom stereocenters. The molecule has 1 heterocycles. The molecule has 1 saturated carbocycles. The average Bonchev–Trinajstić information content (AvgIpc) is 2.64. The molecule has 0 amide bonds. The van der Waals surface area contributed by atoms with Crippen molar-refractivity contribution >= 4 is 15.9 Å². The Balaban J connectivity index is 2.38. The summed E-state index contributed by atoms with van der Waals surface area (Å²) in [5, 5.41) is 1.27. The van der Waals surface area contributed by atoms with Gasteiger partial charge in [-0.2, -0.15) is 0 Å². The van der Waals surface area contributed by atoms with Crippen molar-refractivity contribution < 1.29 is 12.8 Å². The van der Waals surface area contributed by atoms with Gasteiger partial charge in [0.25, 0.3) is 0 Å². The van der Waals surface area contributed by atoms with E-state index in [0.717, 1.165) is 35.5 Å². The van der Waals surface area contributed by atoms with Gasteiger partial charge in [-0.15, -0.1) is 0 Å². The Morgan fingerprint density at radius 3 is 2.37 bits per heavy atom. The summed E-state index contributed by atoms with van der Waals surface area (Å²) in [6.45, 7) is 3.94. The van der Waals surface area contributed by atoms with Crippen molar-refractivity contribution in [2.75, 3.05) is 6.26 Å². The summed E-state index contributed by atoms with van der Waals surface area (Å²) in [6, 6.07) is 0. The van der Waals surface area contributed by atoms with Gasteiger partial charge < -0.3 is 4.42 Å². The van der Waals surface area contributed by atoms with Gasteiger partial charge in [-0.3, -0.25) is 0 Å². The van der Waals surface area contributed by atoms with Crippen molar-refractivity contribution in [2.24, 2.45) is 0 Å². The molecular formula is C15H22O3S. The van der Waals surface area contributed by atoms with Gasteiger partial charge in [0.2, 0.25) is 0 Å². The average molecular weight is 282 g/mol. The zero-order valence-electron chi connectivity index (χ0n) is 11.9. The van der Waals surface area contributed by atoms with Crippen molar-refractivity contribution in [1.29, 1.82) is 0 Å². The predicted octanol–water partition coefficient (Wildman–Crippen LogP) is 3.96. The van der Waals surface area contributed by atoms with Gasteiger partial charge in [0.05, 0.1) is 0 Å². The third-order valence-electron chi connectivity index (χ3n) is 3.92. The molecule has 19 heavy (non-hydrogen) atoms. The zero-order valence-corrected chi connectivity index (χ0v) is 12.7. The van der Waals surface area contributed by atoms with E-state index in [0.29, 0.717) is 5.92 Å². The Morgan fingerprint density at radius 2 is 1.79 bits per heavy atom. The molecule has 0 bridgehead atoms. The second kappa shape index (κ2) is 5.53. The Kier molecular flexibility index (Phi) is 4.19. The summed E-state index contributed by atoms with van der Waals surface area (Å²) < 4.78 is 28.5. The van der Waals surface area contributed by atoms with Crippen LogP contribution in [0.15, 0.2) is 9.83 Å². The lowest BCUT2D eigenvalue weighted by Gasteiger charge is -2.20. The number of hydrogen-bond acceptors (Lipinski definition) is 3. The normalized spacial score (nSPS) is 18.3. The SMILES string of the molecule is Cc1oc(C2CCCCC2)c(/C=C/S(C)(=O)=O)c1C. The standard InChI is InChI=1S/C15H22O3S/c1-11-12(2)18-15(13-7-5-4-6-8-13)14(11)9-10-19(3,16)17/h9-10,13H,4-8H2,1-3H3/b10-9+. The van der Waals surface area contributed by atoms with Gasteiger partial charge in [0.1, 0.15) is 11.5 Å². The first-order valence-electron chi connectivity index (χ1n) is 6.86. The van der Waals surface area contributed by atoms with Crippen molar-refractivity contribution in [3.63, 3.8) is 0 Å². The van der Waals surface area contributed by atoms with Crippen LogP contribution < -0.4 is 0 Å². The summed E-state index contributed by atoms with van der Waals surface area (Å²) >= 11 is 0. The number of hydrogen-bond donors (Lipinski definition) is 0. The molecule has 1 aliphatic carbocycles. The third-order valence-corrected chi connectivity index (χ3v) is 4.55. The smallest absolute Gasteiger partial charge is 0.168 e. The van der Waals surface area contributed by atoms with Crippen molar-refractivity contribution in [3.05, 3.63) is 28.1 Å². The highest BCUT2D eigenvalue weighted by Crippen LogP contribution is 2.38. The first-order chi connectivity index (χ1) is 8.88. The van der Waals surface area contributed by atoms with Crippen LogP contribution in [0.4, 0.5) is 0 Å². The Hall–Kier alpha value is -1.03. The van der Waals surface area contributed by atoms with E-state index in [2.05, 4.69) is 0 Å². The first kappa shape index (κ1) is 14.4. The van der Waals surface area contributed by atoms with E-state index < -0.39 is 9.84 Å². The van der Waals surface area contributed by atoms with E-state index in [-0.39, 0.29) is 0 Å². The van der Waals surface area contributed by atoms with Crippen LogP contribution in [0.25, 0.3) is 6.08 Å². The fraction of sp³-hybridized carbons (Fsp3) is 0.600. The molecule has 0 aliphatic heterocycles. The second-order valence-corrected chi connectivity index (χ2v) is 7.46. The summed E-state index contributed by atoms with van der Waals surface area (Å²) in [4.78, 5) is 0. The fourth-order valence-corrected chi connectivity index (χ4v) is 3.12. The molecule has 1 aromatic heterocycles. The lowest BCUT2D eigenvalue weighted by atomic mass is 9.85. The quantitative estimate of drug-likeness (QED) is 0.843. The molecule has 3 nitrogen and oxygen atoms in total. The van der Waals surface area contributed by atoms with Gasteiger partial charge in [0, 0.05) is 23.1 Å². The van der Waals surface area contributed by atoms with E-state index in [9.17, 15) is 8.42 Å². The first-order valence-corrected chi connectivity index (χ1v) is 8.82. The minimum Gasteiger partial charge on any atom is -0.465 e. The zero-order chi connectivity index (χ0) is 14.0. The molecule has 0 radical (unpaired) electrons. The number of rotatable bonds is 3. The molecule has 0 N–H and O–H groups in total. The maximum Gasteiger partial charge on any atom is 0.168 e. The Morgan fingerprint density at radius 1 is 1.16 bits per heavy atom. The molecule has 1 fully saturated rings. The third kappa shape index (κ3) is 3.50. The van der Waals surface area contributed by atoms with E-state index in [1.165, 1.54) is 30.9 Å². The molecule has 1 aliphatic rings. The van der Waals surface area contributed by atoms with Crippen molar-refractivity contribution in [2.45, 2.75) is 51.9 Å². The Labute approximate surface area is 115 Å². The maximum atomic E-state index is 11.3. The second-order valence-electron chi connectivity index (χ2n) is 5.53. The molecule has 1 aromatic rings. The van der Waals surface area contributed by atoms with Gasteiger partial charge in [0.15, 0.2) is 9.84 Å². The number of furan rings is 1. The lowest BCUT2D eigenvalue weighted by molar-refractivity contribution is 0.366. The summed E-state index contributed by atoms with van der Waals surface area (Å²) in [5.74, 6) is 2.32. The molecule has 4 heteroatoms. The van der Waals surface area contributed by atoms with Gasteiger partial charge >= 0.3 is 0 Å². The fourth-order valence-electron chi connectivity index (χ4n) is 2.74. The molecule has 106 valence electrons. The maximum absolute atomic E-state index is 11.3. The van der Waals surface area contributed by atoms with E-state index >= 15 is 0 Å². The van der Waals surface area contributed by atoms with Gasteiger partial charge in [-0.25, -0.2) is 8.42 Å². The van der Waals surface area contributed by atoms with Gasteiger partial charge in [-0.1, -0.05) is 19.3 Å². The van der Waals surface area contributed by atoms with Crippen LogP contribution in [0.2, 0.25) is 0 Å². The highest BCUT2D eigenvalue weighted by Gasteiger charge is 2.23. The van der Waals surface area contributed by atoms with Crippen LogP contribution in [0.3, 0.4) is 0 Å². The van der Waals surface area contributed by atoms with E-state index in [1.807, 2.05) is 13.8 Å². The summed E-state index contributed by atoms with van der Waals surface area (Å²) in [6.07, 6.45) is 8.97. The van der Waals surface area contributed by atoms with Crippen LogP contribution in [0.1, 0.15) is 60.7 Å². The number of aryl methyl sites for hydroxylation is 1. The van der Waals surface area contributed by atoms with E-state index in [4.69, 9.17) is 4.42 Å². The monoisotopic (exact) mass is 282 g/mol. The molecule has 0 spiro atoms. The van der Waals surface area contributed by atoms with Crippen LogP contribution in [-0.4, -0.2) is 14.7 Å². The lowest BCUT2D eigenvalue weighted by Crippen LogP contribution is -2.04.